The summed E-state index contributed by atoms with van der Waals surface area (Å²) in [4.78, 5) is 29.0. The van der Waals surface area contributed by atoms with Gasteiger partial charge in [0.1, 0.15) is 19.2 Å². The molecule has 0 saturated carbocycles. The first kappa shape index (κ1) is 13.3. The van der Waals surface area contributed by atoms with Crippen molar-refractivity contribution in [2.75, 3.05) is 11.4 Å². The standard InChI is InChI=1S/C14H14N4O3/c19-13(7-17-9-15-8-16-17)18-6-11(14(20)21)5-10-3-1-2-4-12(10)18/h1-4,8-9,11H,5-7H2,(H,20,21). The maximum absolute atomic E-state index is 12.4. The molecule has 0 fully saturated rings. The Kier molecular flexibility index (Phi) is 3.39. The summed E-state index contributed by atoms with van der Waals surface area (Å²) in [5, 5.41) is 13.2. The lowest BCUT2D eigenvalue weighted by molar-refractivity contribution is -0.141. The number of aromatic nitrogens is 3. The molecule has 1 unspecified atom stereocenters. The van der Waals surface area contributed by atoms with Gasteiger partial charge in [-0.15, -0.1) is 0 Å². The normalized spacial score (nSPS) is 17.3. The fourth-order valence-corrected chi connectivity index (χ4v) is 2.54. The Labute approximate surface area is 120 Å². The molecule has 2 aromatic rings. The van der Waals surface area contributed by atoms with Crippen LogP contribution in [0.25, 0.3) is 0 Å². The Balaban J connectivity index is 1.89. The van der Waals surface area contributed by atoms with Gasteiger partial charge in [0.2, 0.25) is 5.91 Å². The number of amides is 1. The molecule has 2 heterocycles. The molecule has 0 spiro atoms. The minimum absolute atomic E-state index is 0.0423. The number of carboxylic acid groups (broad SMARTS) is 1. The number of carboxylic acids is 1. The van der Waals surface area contributed by atoms with E-state index in [9.17, 15) is 14.7 Å². The highest BCUT2D eigenvalue weighted by Gasteiger charge is 2.32. The predicted molar refractivity (Wildman–Crippen MR) is 73.6 cm³/mol. The van der Waals surface area contributed by atoms with E-state index in [1.54, 1.807) is 0 Å². The summed E-state index contributed by atoms with van der Waals surface area (Å²) in [6, 6.07) is 7.39. The number of rotatable bonds is 3. The number of carbonyl (C=O) groups excluding carboxylic acids is 1. The van der Waals surface area contributed by atoms with Crippen LogP contribution < -0.4 is 4.90 Å². The van der Waals surface area contributed by atoms with E-state index in [0.717, 1.165) is 11.3 Å². The molecule has 1 atom stereocenters. The first-order chi connectivity index (χ1) is 10.1. The first-order valence-corrected chi connectivity index (χ1v) is 6.58. The molecular formula is C14H14N4O3. The number of anilines is 1. The molecule has 1 aliphatic rings. The maximum atomic E-state index is 12.4. The average molecular weight is 286 g/mol. The molecule has 1 amide bonds. The summed E-state index contributed by atoms with van der Waals surface area (Å²) < 4.78 is 1.43. The molecule has 0 bridgehead atoms. The topological polar surface area (TPSA) is 88.3 Å². The van der Waals surface area contributed by atoms with Crippen molar-refractivity contribution < 1.29 is 14.7 Å². The third-order valence-electron chi connectivity index (χ3n) is 3.57. The van der Waals surface area contributed by atoms with Crippen LogP contribution in [0.5, 0.6) is 0 Å². The van der Waals surface area contributed by atoms with Gasteiger partial charge in [0.15, 0.2) is 0 Å². The van der Waals surface area contributed by atoms with Crippen LogP contribution in [0.1, 0.15) is 5.56 Å². The number of benzene rings is 1. The van der Waals surface area contributed by atoms with Gasteiger partial charge >= 0.3 is 5.97 Å². The zero-order chi connectivity index (χ0) is 14.8. The number of para-hydroxylation sites is 1. The summed E-state index contributed by atoms with van der Waals surface area (Å²) in [5.74, 6) is -1.67. The second-order valence-electron chi connectivity index (χ2n) is 4.97. The van der Waals surface area contributed by atoms with Gasteiger partial charge in [0.25, 0.3) is 0 Å². The van der Waals surface area contributed by atoms with Crippen LogP contribution in [0, 0.1) is 5.92 Å². The minimum Gasteiger partial charge on any atom is -0.481 e. The predicted octanol–water partition coefficient (Wildman–Crippen LogP) is 0.568. The van der Waals surface area contributed by atoms with Crippen LogP contribution in [0.3, 0.4) is 0 Å². The lowest BCUT2D eigenvalue weighted by atomic mass is 9.92. The second kappa shape index (κ2) is 5.35. The number of fused-ring (bicyclic) bond motifs is 1. The zero-order valence-corrected chi connectivity index (χ0v) is 11.2. The number of hydrogen-bond acceptors (Lipinski definition) is 4. The molecule has 0 saturated heterocycles. The van der Waals surface area contributed by atoms with Crippen LogP contribution in [0.2, 0.25) is 0 Å². The van der Waals surface area contributed by atoms with Crippen LogP contribution >= 0.6 is 0 Å². The van der Waals surface area contributed by atoms with Crippen molar-refractivity contribution in [2.45, 2.75) is 13.0 Å². The van der Waals surface area contributed by atoms with Crippen molar-refractivity contribution in [1.29, 1.82) is 0 Å². The summed E-state index contributed by atoms with van der Waals surface area (Å²) in [7, 11) is 0. The highest BCUT2D eigenvalue weighted by atomic mass is 16.4. The summed E-state index contributed by atoms with van der Waals surface area (Å²) in [6.07, 6.45) is 3.26. The van der Waals surface area contributed by atoms with Crippen molar-refractivity contribution >= 4 is 17.6 Å². The van der Waals surface area contributed by atoms with E-state index in [2.05, 4.69) is 10.1 Å². The van der Waals surface area contributed by atoms with Gasteiger partial charge in [-0.25, -0.2) is 9.67 Å². The van der Waals surface area contributed by atoms with E-state index < -0.39 is 11.9 Å². The second-order valence-corrected chi connectivity index (χ2v) is 4.97. The molecule has 1 aromatic heterocycles. The summed E-state index contributed by atoms with van der Waals surface area (Å²) in [6.45, 7) is 0.223. The van der Waals surface area contributed by atoms with Gasteiger partial charge in [-0.1, -0.05) is 18.2 Å². The summed E-state index contributed by atoms with van der Waals surface area (Å²) in [5.41, 5.74) is 1.66. The van der Waals surface area contributed by atoms with E-state index in [-0.39, 0.29) is 19.0 Å². The molecular weight excluding hydrogens is 272 g/mol. The molecule has 7 heteroatoms. The smallest absolute Gasteiger partial charge is 0.308 e. The largest absolute Gasteiger partial charge is 0.481 e. The SMILES string of the molecule is O=C(O)C1Cc2ccccc2N(C(=O)Cn2cncn2)C1. The van der Waals surface area contributed by atoms with Gasteiger partial charge in [0, 0.05) is 12.2 Å². The summed E-state index contributed by atoms with van der Waals surface area (Å²) >= 11 is 0. The molecule has 0 aliphatic carbocycles. The van der Waals surface area contributed by atoms with Crippen molar-refractivity contribution in [3.63, 3.8) is 0 Å². The lowest BCUT2D eigenvalue weighted by Gasteiger charge is -2.32. The molecule has 7 nitrogen and oxygen atoms in total. The van der Waals surface area contributed by atoms with E-state index in [0.29, 0.717) is 6.42 Å². The van der Waals surface area contributed by atoms with Crippen LogP contribution in [0.15, 0.2) is 36.9 Å². The van der Waals surface area contributed by atoms with E-state index in [1.165, 1.54) is 22.2 Å². The number of nitrogens with zero attached hydrogens (tertiary/aromatic N) is 4. The fourth-order valence-electron chi connectivity index (χ4n) is 2.54. The van der Waals surface area contributed by atoms with Crippen molar-refractivity contribution in [2.24, 2.45) is 5.92 Å². The highest BCUT2D eigenvalue weighted by Crippen LogP contribution is 2.29. The molecule has 1 aromatic carbocycles. The van der Waals surface area contributed by atoms with Gasteiger partial charge in [-0.3, -0.25) is 9.59 Å². The third-order valence-corrected chi connectivity index (χ3v) is 3.57. The monoisotopic (exact) mass is 286 g/mol. The number of carbonyl (C=O) groups is 2. The van der Waals surface area contributed by atoms with Crippen LogP contribution in [-0.2, 0) is 22.6 Å². The van der Waals surface area contributed by atoms with Crippen molar-refractivity contribution in [1.82, 2.24) is 14.8 Å². The Morgan fingerprint density at radius 2 is 2.14 bits per heavy atom. The van der Waals surface area contributed by atoms with Gasteiger partial charge in [0.05, 0.1) is 5.92 Å². The fraction of sp³-hybridized carbons (Fsp3) is 0.286. The number of aliphatic carboxylic acids is 1. The van der Waals surface area contributed by atoms with Crippen LogP contribution in [0.4, 0.5) is 5.69 Å². The molecule has 108 valence electrons. The van der Waals surface area contributed by atoms with Crippen molar-refractivity contribution in [3.05, 3.63) is 42.5 Å². The zero-order valence-electron chi connectivity index (χ0n) is 11.2. The first-order valence-electron chi connectivity index (χ1n) is 6.58. The Morgan fingerprint density at radius 3 is 2.86 bits per heavy atom. The van der Waals surface area contributed by atoms with Crippen LogP contribution in [-0.4, -0.2) is 38.3 Å². The van der Waals surface area contributed by atoms with E-state index in [4.69, 9.17) is 0 Å². The molecule has 0 radical (unpaired) electrons. The Morgan fingerprint density at radius 1 is 1.33 bits per heavy atom. The molecule has 1 N–H and O–H groups in total. The Hall–Kier alpha value is -2.70. The Bertz CT molecular complexity index is 669. The minimum atomic E-state index is -0.886. The molecule has 3 rings (SSSR count). The maximum Gasteiger partial charge on any atom is 0.308 e. The van der Waals surface area contributed by atoms with Gasteiger partial charge < -0.3 is 10.0 Å². The van der Waals surface area contributed by atoms with E-state index in [1.807, 2.05) is 24.3 Å². The van der Waals surface area contributed by atoms with Gasteiger partial charge in [-0.2, -0.15) is 5.10 Å². The highest BCUT2D eigenvalue weighted by molar-refractivity contribution is 5.95. The lowest BCUT2D eigenvalue weighted by Crippen LogP contribution is -2.44. The third kappa shape index (κ3) is 2.62. The van der Waals surface area contributed by atoms with E-state index >= 15 is 0 Å². The molecule has 21 heavy (non-hydrogen) atoms. The number of hydrogen-bond donors (Lipinski definition) is 1. The quantitative estimate of drug-likeness (QED) is 0.891. The molecule has 1 aliphatic heterocycles. The van der Waals surface area contributed by atoms with Crippen molar-refractivity contribution in [3.8, 4) is 0 Å². The average Bonchev–Trinajstić information content (AvgIpc) is 2.98. The van der Waals surface area contributed by atoms with Gasteiger partial charge in [-0.05, 0) is 18.1 Å².